The van der Waals surface area contributed by atoms with Crippen molar-refractivity contribution in [3.05, 3.63) is 34.9 Å². The van der Waals surface area contributed by atoms with Crippen LogP contribution in [0.2, 0.25) is 5.02 Å². The number of hydrogen-bond acceptors (Lipinski definition) is 4. The summed E-state index contributed by atoms with van der Waals surface area (Å²) in [4.78, 5) is 25.7. The highest BCUT2D eigenvalue weighted by molar-refractivity contribution is 6.30. The van der Waals surface area contributed by atoms with Crippen molar-refractivity contribution in [2.45, 2.75) is 32.6 Å². The number of hydrogen-bond donors (Lipinski definition) is 0. The molecule has 1 spiro atoms. The van der Waals surface area contributed by atoms with Crippen LogP contribution >= 0.6 is 11.6 Å². The Balaban J connectivity index is 2.16. The summed E-state index contributed by atoms with van der Waals surface area (Å²) in [6.45, 7) is 3.71. The number of carbonyl (C=O) groups is 2. The fraction of sp³-hybridized carbons (Fsp3) is 0.444. The number of Topliss-reactive ketones (excluding diaryl/α,β-unsaturated/α-hetero) is 2. The molecule has 1 aromatic carbocycles. The summed E-state index contributed by atoms with van der Waals surface area (Å²) in [6, 6.07) is 10.6. The smallest absolute Gasteiger partial charge is 0.172 e. The lowest BCUT2D eigenvalue weighted by atomic mass is 9.67. The van der Waals surface area contributed by atoms with Crippen LogP contribution in [0.15, 0.2) is 24.3 Å². The fourth-order valence-electron chi connectivity index (χ4n) is 4.09. The molecule has 0 radical (unpaired) electrons. The summed E-state index contributed by atoms with van der Waals surface area (Å²) in [5.41, 5.74) is -2.91. The van der Waals surface area contributed by atoms with Crippen molar-refractivity contribution in [1.29, 1.82) is 10.5 Å². The second kappa shape index (κ2) is 4.66. The van der Waals surface area contributed by atoms with E-state index in [4.69, 9.17) is 11.6 Å². The summed E-state index contributed by atoms with van der Waals surface area (Å²) >= 11 is 5.88. The zero-order valence-electron chi connectivity index (χ0n) is 12.9. The van der Waals surface area contributed by atoms with Gasteiger partial charge in [-0.05, 0) is 23.1 Å². The first-order valence-corrected chi connectivity index (χ1v) is 7.77. The minimum absolute atomic E-state index is 0.202. The second-order valence-corrected chi connectivity index (χ2v) is 7.62. The lowest BCUT2D eigenvalue weighted by Gasteiger charge is -2.33. The van der Waals surface area contributed by atoms with E-state index in [9.17, 15) is 20.1 Å². The maximum absolute atomic E-state index is 12.8. The highest BCUT2D eigenvalue weighted by Crippen LogP contribution is 2.77. The van der Waals surface area contributed by atoms with Crippen LogP contribution in [0.25, 0.3) is 0 Å². The van der Waals surface area contributed by atoms with Crippen molar-refractivity contribution >= 4 is 23.2 Å². The van der Waals surface area contributed by atoms with Crippen LogP contribution < -0.4 is 0 Å². The number of nitriles is 2. The van der Waals surface area contributed by atoms with Gasteiger partial charge in [0, 0.05) is 23.8 Å². The van der Waals surface area contributed by atoms with Gasteiger partial charge in [-0.25, -0.2) is 0 Å². The molecule has 1 aromatic rings. The van der Waals surface area contributed by atoms with Gasteiger partial charge < -0.3 is 0 Å². The molecule has 0 unspecified atom stereocenters. The molecule has 2 aliphatic rings. The van der Waals surface area contributed by atoms with E-state index >= 15 is 0 Å². The Hall–Kier alpha value is -2.17. The second-order valence-electron chi connectivity index (χ2n) is 7.19. The van der Waals surface area contributed by atoms with Crippen molar-refractivity contribution < 1.29 is 9.59 Å². The number of ketones is 2. The van der Waals surface area contributed by atoms with Crippen molar-refractivity contribution in [3.8, 4) is 12.1 Å². The molecule has 23 heavy (non-hydrogen) atoms. The van der Waals surface area contributed by atoms with Crippen molar-refractivity contribution in [1.82, 2.24) is 0 Å². The third kappa shape index (κ3) is 1.82. The van der Waals surface area contributed by atoms with Crippen LogP contribution in [0, 0.1) is 38.9 Å². The van der Waals surface area contributed by atoms with Crippen LogP contribution in [0.1, 0.15) is 38.2 Å². The Morgan fingerprint density at radius 2 is 1.52 bits per heavy atom. The SMILES string of the molecule is CC1(C)CC(=O)C2(C(=O)C1)[C@H](c1ccc(Cl)cc1)C2(C#N)C#N. The molecule has 0 aliphatic heterocycles. The van der Waals surface area contributed by atoms with Crippen LogP contribution in [0.4, 0.5) is 0 Å². The normalized spacial score (nSPS) is 26.4. The van der Waals surface area contributed by atoms with Gasteiger partial charge in [-0.15, -0.1) is 0 Å². The average molecular weight is 327 g/mol. The zero-order chi connectivity index (χ0) is 17.0. The molecule has 116 valence electrons. The van der Waals surface area contributed by atoms with E-state index in [-0.39, 0.29) is 24.4 Å². The summed E-state index contributed by atoms with van der Waals surface area (Å²) < 4.78 is 0. The zero-order valence-corrected chi connectivity index (χ0v) is 13.6. The highest BCUT2D eigenvalue weighted by atomic mass is 35.5. The molecule has 2 aliphatic carbocycles. The van der Waals surface area contributed by atoms with Gasteiger partial charge in [0.05, 0.1) is 12.1 Å². The van der Waals surface area contributed by atoms with Crippen molar-refractivity contribution in [3.63, 3.8) is 0 Å². The van der Waals surface area contributed by atoms with Crippen LogP contribution in [-0.2, 0) is 9.59 Å². The molecule has 2 saturated carbocycles. The Bertz CT molecular complexity index is 762. The molecule has 1 atom stereocenters. The predicted octanol–water partition coefficient (Wildman–Crippen LogP) is 3.42. The minimum Gasteiger partial charge on any atom is -0.298 e. The van der Waals surface area contributed by atoms with Gasteiger partial charge in [0.15, 0.2) is 5.41 Å². The summed E-state index contributed by atoms with van der Waals surface area (Å²) in [6.07, 6.45) is 0.405. The van der Waals surface area contributed by atoms with Crippen molar-refractivity contribution in [2.24, 2.45) is 16.2 Å². The van der Waals surface area contributed by atoms with E-state index in [1.165, 1.54) is 0 Å². The van der Waals surface area contributed by atoms with E-state index < -0.39 is 22.2 Å². The van der Waals surface area contributed by atoms with Gasteiger partial charge in [-0.1, -0.05) is 37.6 Å². The first-order chi connectivity index (χ1) is 10.7. The quantitative estimate of drug-likeness (QED) is 0.740. The number of rotatable bonds is 1. The van der Waals surface area contributed by atoms with E-state index in [2.05, 4.69) is 0 Å². The largest absolute Gasteiger partial charge is 0.298 e. The monoisotopic (exact) mass is 326 g/mol. The van der Waals surface area contributed by atoms with Gasteiger partial charge in [0.2, 0.25) is 0 Å². The topological polar surface area (TPSA) is 81.7 Å². The van der Waals surface area contributed by atoms with E-state index in [0.717, 1.165) is 0 Å². The van der Waals surface area contributed by atoms with Gasteiger partial charge in [-0.3, -0.25) is 9.59 Å². The van der Waals surface area contributed by atoms with Gasteiger partial charge in [-0.2, -0.15) is 10.5 Å². The van der Waals surface area contributed by atoms with E-state index in [0.29, 0.717) is 10.6 Å². The molecule has 5 heteroatoms. The molecular formula is C18H15ClN2O2. The van der Waals surface area contributed by atoms with E-state index in [1.807, 2.05) is 26.0 Å². The third-order valence-corrected chi connectivity index (χ3v) is 5.37. The minimum atomic E-state index is -1.61. The summed E-state index contributed by atoms with van der Waals surface area (Å²) in [5.74, 6) is -1.29. The lowest BCUT2D eigenvalue weighted by molar-refractivity contribution is -0.142. The molecule has 0 heterocycles. The molecule has 0 amide bonds. The highest BCUT2D eigenvalue weighted by Gasteiger charge is 2.86. The molecule has 2 fully saturated rings. The molecular weight excluding hydrogens is 312 g/mol. The molecule has 3 rings (SSSR count). The average Bonchev–Trinajstić information content (AvgIpc) is 3.10. The first-order valence-electron chi connectivity index (χ1n) is 7.40. The summed E-state index contributed by atoms with van der Waals surface area (Å²) in [5, 5.41) is 19.8. The maximum atomic E-state index is 12.8. The lowest BCUT2D eigenvalue weighted by Crippen LogP contribution is -2.42. The fourth-order valence-corrected chi connectivity index (χ4v) is 4.21. The Morgan fingerprint density at radius 3 is 1.96 bits per heavy atom. The number of nitrogens with zero attached hydrogens (tertiary/aromatic N) is 2. The molecule has 4 nitrogen and oxygen atoms in total. The summed E-state index contributed by atoms with van der Waals surface area (Å²) in [7, 11) is 0. The van der Waals surface area contributed by atoms with Crippen LogP contribution in [0.5, 0.6) is 0 Å². The Morgan fingerprint density at radius 1 is 1.04 bits per heavy atom. The maximum Gasteiger partial charge on any atom is 0.172 e. The van der Waals surface area contributed by atoms with Crippen LogP contribution in [0.3, 0.4) is 0 Å². The number of halogens is 1. The third-order valence-electron chi connectivity index (χ3n) is 5.12. The predicted molar refractivity (Wildman–Crippen MR) is 83.3 cm³/mol. The molecule has 0 N–H and O–H groups in total. The standard InChI is InChI=1S/C18H15ClN2O2/c1-16(2)7-13(22)18(14(23)8-16)15(17(18,9-20)10-21)11-3-5-12(19)6-4-11/h3-6,15H,7-8H2,1-2H3/t15-/m1/s1. The van der Waals surface area contributed by atoms with Gasteiger partial charge >= 0.3 is 0 Å². The number of carbonyl (C=O) groups excluding carboxylic acids is 2. The van der Waals surface area contributed by atoms with Crippen molar-refractivity contribution in [2.75, 3.05) is 0 Å². The number of benzene rings is 1. The van der Waals surface area contributed by atoms with Gasteiger partial charge in [0.1, 0.15) is 17.0 Å². The van der Waals surface area contributed by atoms with Crippen LogP contribution in [-0.4, -0.2) is 11.6 Å². The van der Waals surface area contributed by atoms with E-state index in [1.54, 1.807) is 24.3 Å². The Kier molecular flexibility index (Phi) is 3.19. The molecule has 0 aromatic heterocycles. The van der Waals surface area contributed by atoms with Gasteiger partial charge in [0.25, 0.3) is 0 Å². The Labute approximate surface area is 139 Å². The molecule has 0 bridgehead atoms. The first kappa shape index (κ1) is 15.7. The molecule has 0 saturated heterocycles.